The van der Waals surface area contributed by atoms with E-state index in [0.717, 1.165) is 10.5 Å². The first-order chi connectivity index (χ1) is 17.4. The molecule has 2 atom stereocenters. The van der Waals surface area contributed by atoms with Gasteiger partial charge in [0.1, 0.15) is 17.4 Å². The number of ketones is 1. The summed E-state index contributed by atoms with van der Waals surface area (Å²) in [5.74, 6) is -3.56. The van der Waals surface area contributed by atoms with Crippen molar-refractivity contribution in [2.45, 2.75) is 62.6 Å². The lowest BCUT2D eigenvalue weighted by Gasteiger charge is -2.27. The van der Waals surface area contributed by atoms with Gasteiger partial charge >= 0.3 is 6.09 Å². The van der Waals surface area contributed by atoms with Crippen LogP contribution in [0.15, 0.2) is 47.4 Å². The lowest BCUT2D eigenvalue weighted by Crippen LogP contribution is -2.50. The molecule has 2 amide bonds. The number of Topliss-reactive ketones (excluding diaryl/α,β-unsaturated/α-hetero) is 1. The number of fused-ring (bicyclic) bond motifs is 1. The molecule has 4 rings (SSSR count). The van der Waals surface area contributed by atoms with Gasteiger partial charge in [0, 0.05) is 35.0 Å². The van der Waals surface area contributed by atoms with Gasteiger partial charge in [0.25, 0.3) is 11.8 Å². The minimum Gasteiger partial charge on any atom is -0.497 e. The van der Waals surface area contributed by atoms with Crippen LogP contribution in [-0.4, -0.2) is 48.2 Å². The predicted octanol–water partition coefficient (Wildman–Crippen LogP) is 5.46. The van der Waals surface area contributed by atoms with Crippen molar-refractivity contribution in [1.29, 1.82) is 0 Å². The molecule has 0 unspecified atom stereocenters. The lowest BCUT2D eigenvalue weighted by molar-refractivity contribution is -0.120. The minimum absolute atomic E-state index is 0.168. The number of hydrogen-bond acceptors (Lipinski definition) is 6. The number of benzene rings is 2. The number of carbonyl (C=O) groups is 3. The maximum absolute atomic E-state index is 13.7. The molecule has 0 radical (unpaired) electrons. The third-order valence-corrected chi connectivity index (χ3v) is 7.28. The maximum Gasteiger partial charge on any atom is 0.408 e. The van der Waals surface area contributed by atoms with Crippen LogP contribution in [0.5, 0.6) is 5.75 Å². The van der Waals surface area contributed by atoms with Crippen LogP contribution in [0, 0.1) is 5.92 Å². The summed E-state index contributed by atoms with van der Waals surface area (Å²) in [4.78, 5) is 41.2. The number of alkyl carbamates (subject to hydrolysis) is 1. The SMILES string of the molecule is COc1ccc(CN2C(=O)[C@@H](NC(=O)OC(C)(C)C)CSc3ccc(C(=O)C[C@@H]4CC4(F)F)cc32)cc1. The molecule has 1 saturated carbocycles. The highest BCUT2D eigenvalue weighted by atomic mass is 32.2. The zero-order valence-electron chi connectivity index (χ0n) is 21.2. The van der Waals surface area contributed by atoms with Gasteiger partial charge in [-0.15, -0.1) is 11.8 Å². The van der Waals surface area contributed by atoms with E-state index >= 15 is 0 Å². The Kier molecular flexibility index (Phi) is 7.50. The van der Waals surface area contributed by atoms with Gasteiger partial charge in [0.05, 0.1) is 19.3 Å². The summed E-state index contributed by atoms with van der Waals surface area (Å²) in [5.41, 5.74) is 0.836. The minimum atomic E-state index is -2.78. The van der Waals surface area contributed by atoms with E-state index in [1.165, 1.54) is 16.7 Å². The summed E-state index contributed by atoms with van der Waals surface area (Å²) < 4.78 is 37.4. The van der Waals surface area contributed by atoms with E-state index in [-0.39, 0.29) is 42.4 Å². The molecule has 198 valence electrons. The topological polar surface area (TPSA) is 84.9 Å². The molecule has 0 bridgehead atoms. The van der Waals surface area contributed by atoms with Crippen LogP contribution in [0.2, 0.25) is 0 Å². The van der Waals surface area contributed by atoms with Crippen molar-refractivity contribution in [2.24, 2.45) is 5.92 Å². The molecular formula is C27H30F2N2O5S. The third-order valence-electron chi connectivity index (χ3n) is 6.12. The molecule has 7 nitrogen and oxygen atoms in total. The molecule has 10 heteroatoms. The third kappa shape index (κ3) is 6.60. The average molecular weight is 533 g/mol. The van der Waals surface area contributed by atoms with E-state index in [1.807, 2.05) is 12.1 Å². The lowest BCUT2D eigenvalue weighted by atomic mass is 10.0. The molecule has 0 spiro atoms. The fourth-order valence-electron chi connectivity index (χ4n) is 4.04. The summed E-state index contributed by atoms with van der Waals surface area (Å²) in [6.07, 6.45) is -1.23. The summed E-state index contributed by atoms with van der Waals surface area (Å²) in [6.45, 7) is 5.37. The van der Waals surface area contributed by atoms with Crippen LogP contribution in [-0.2, 0) is 16.1 Å². The van der Waals surface area contributed by atoms with Crippen LogP contribution in [0.3, 0.4) is 0 Å². The summed E-state index contributed by atoms with van der Waals surface area (Å²) in [6, 6.07) is 11.2. The van der Waals surface area contributed by atoms with Crippen molar-refractivity contribution >= 4 is 35.2 Å². The van der Waals surface area contributed by atoms with E-state index < -0.39 is 29.6 Å². The summed E-state index contributed by atoms with van der Waals surface area (Å²) in [5, 5.41) is 2.67. The van der Waals surface area contributed by atoms with Gasteiger partial charge in [-0.25, -0.2) is 13.6 Å². The number of halogens is 2. The van der Waals surface area contributed by atoms with Crippen molar-refractivity contribution in [3.8, 4) is 5.75 Å². The van der Waals surface area contributed by atoms with E-state index in [9.17, 15) is 23.2 Å². The van der Waals surface area contributed by atoms with Crippen LogP contribution >= 0.6 is 11.8 Å². The normalized spacial score (nSPS) is 20.5. The number of alkyl halides is 2. The molecule has 1 aliphatic carbocycles. The highest BCUT2D eigenvalue weighted by Gasteiger charge is 2.57. The Morgan fingerprint density at radius 2 is 1.84 bits per heavy atom. The zero-order chi connectivity index (χ0) is 27.0. The first-order valence-corrected chi connectivity index (χ1v) is 13.0. The monoisotopic (exact) mass is 532 g/mol. The summed E-state index contributed by atoms with van der Waals surface area (Å²) >= 11 is 1.36. The maximum atomic E-state index is 13.7. The Hall–Kier alpha value is -3.14. The molecule has 37 heavy (non-hydrogen) atoms. The molecule has 1 aliphatic heterocycles. The Labute approximate surface area is 218 Å². The first kappa shape index (κ1) is 26.9. The van der Waals surface area contributed by atoms with Crippen LogP contribution < -0.4 is 15.0 Å². The Balaban J connectivity index is 1.63. The number of anilines is 1. The molecule has 1 N–H and O–H groups in total. The van der Waals surface area contributed by atoms with Crippen LogP contribution in [0.4, 0.5) is 19.3 Å². The summed E-state index contributed by atoms with van der Waals surface area (Å²) in [7, 11) is 1.56. The van der Waals surface area contributed by atoms with Gasteiger partial charge in [-0.05, 0) is 50.6 Å². The van der Waals surface area contributed by atoms with Crippen LogP contribution in [0.25, 0.3) is 0 Å². The fraction of sp³-hybridized carbons (Fsp3) is 0.444. The van der Waals surface area contributed by atoms with E-state index in [1.54, 1.807) is 58.2 Å². The highest BCUT2D eigenvalue weighted by molar-refractivity contribution is 7.99. The average Bonchev–Trinajstić information content (AvgIpc) is 3.46. The standard InChI is InChI=1S/C27H30F2N2O5S/c1-26(2,3)36-25(34)30-20-15-37-23-10-7-17(22(32)12-18-13-27(18,28)29)11-21(23)31(24(20)33)14-16-5-8-19(35-4)9-6-16/h5-11,18,20H,12-15H2,1-4H3,(H,30,34)/t18-,20+/m1/s1. The van der Waals surface area contributed by atoms with Crippen molar-refractivity contribution in [2.75, 3.05) is 17.8 Å². The molecule has 2 aliphatic rings. The van der Waals surface area contributed by atoms with Gasteiger partial charge < -0.3 is 19.7 Å². The predicted molar refractivity (Wildman–Crippen MR) is 137 cm³/mol. The Bertz CT molecular complexity index is 1200. The molecule has 1 fully saturated rings. The zero-order valence-corrected chi connectivity index (χ0v) is 22.0. The Morgan fingerprint density at radius 1 is 1.16 bits per heavy atom. The van der Waals surface area contributed by atoms with E-state index in [2.05, 4.69) is 5.32 Å². The number of thioether (sulfide) groups is 1. The molecule has 2 aromatic rings. The second-order valence-corrected chi connectivity index (χ2v) is 11.3. The number of rotatable bonds is 7. The number of methoxy groups -OCH3 is 1. The number of hydrogen-bond donors (Lipinski definition) is 1. The molecule has 0 saturated heterocycles. The number of amides is 2. The highest BCUT2D eigenvalue weighted by Crippen LogP contribution is 2.51. The van der Waals surface area contributed by atoms with E-state index in [0.29, 0.717) is 11.4 Å². The number of carbonyl (C=O) groups excluding carboxylic acids is 3. The molecule has 2 aromatic carbocycles. The largest absolute Gasteiger partial charge is 0.497 e. The van der Waals surface area contributed by atoms with Crippen molar-refractivity contribution in [3.63, 3.8) is 0 Å². The first-order valence-electron chi connectivity index (χ1n) is 12.0. The van der Waals surface area contributed by atoms with Crippen molar-refractivity contribution in [3.05, 3.63) is 53.6 Å². The van der Waals surface area contributed by atoms with Gasteiger partial charge in [-0.1, -0.05) is 18.2 Å². The fourth-order valence-corrected chi connectivity index (χ4v) is 5.09. The van der Waals surface area contributed by atoms with Crippen molar-refractivity contribution in [1.82, 2.24) is 5.32 Å². The second-order valence-electron chi connectivity index (χ2n) is 10.3. The quantitative estimate of drug-likeness (QED) is 0.477. The number of nitrogens with one attached hydrogen (secondary N) is 1. The Morgan fingerprint density at radius 3 is 2.43 bits per heavy atom. The van der Waals surface area contributed by atoms with E-state index in [4.69, 9.17) is 9.47 Å². The molecule has 1 heterocycles. The number of ether oxygens (including phenoxy) is 2. The van der Waals surface area contributed by atoms with Gasteiger partial charge in [0.15, 0.2) is 5.78 Å². The van der Waals surface area contributed by atoms with Gasteiger partial charge in [-0.3, -0.25) is 9.59 Å². The second kappa shape index (κ2) is 10.3. The van der Waals surface area contributed by atoms with Crippen molar-refractivity contribution < 1.29 is 32.6 Å². The van der Waals surface area contributed by atoms with Gasteiger partial charge in [-0.2, -0.15) is 0 Å². The number of nitrogens with zero attached hydrogens (tertiary/aromatic N) is 1. The smallest absolute Gasteiger partial charge is 0.408 e. The molecule has 0 aromatic heterocycles. The van der Waals surface area contributed by atoms with Gasteiger partial charge in [0.2, 0.25) is 0 Å². The van der Waals surface area contributed by atoms with Crippen LogP contribution in [0.1, 0.15) is 49.5 Å². The molecular weight excluding hydrogens is 502 g/mol.